The zero-order chi connectivity index (χ0) is 23.6. The van der Waals surface area contributed by atoms with Gasteiger partial charge in [-0.1, -0.05) is 43.0 Å². The molecular weight excluding hydrogens is 438 g/mol. The van der Waals surface area contributed by atoms with E-state index < -0.39 is 0 Å². The quantitative estimate of drug-likeness (QED) is 0.472. The standard InChI is InChI=1S/C25H29N3O4S/c1-4-22(25(30)28-20-13-9-10-14-21(20)31-5-2)33-23-15-17(16-24(29)32-6-3)26-18-11-7-8-12-19(18)27-23/h7-15,22,26H,4-6,16H2,1-3H3,(H,28,30)/t22-/m1/s1. The highest BCUT2D eigenvalue weighted by molar-refractivity contribution is 8.15. The Hall–Kier alpha value is -3.26. The van der Waals surface area contributed by atoms with E-state index in [1.165, 1.54) is 11.8 Å². The maximum atomic E-state index is 13.1. The molecule has 1 atom stereocenters. The fourth-order valence-corrected chi connectivity index (χ4v) is 4.23. The van der Waals surface area contributed by atoms with E-state index in [-0.39, 0.29) is 23.5 Å². The smallest absolute Gasteiger partial charge is 0.311 e. The first kappa shape index (κ1) is 24.4. The summed E-state index contributed by atoms with van der Waals surface area (Å²) in [4.78, 5) is 29.9. The van der Waals surface area contributed by atoms with Crippen molar-refractivity contribution < 1.29 is 19.1 Å². The van der Waals surface area contributed by atoms with Gasteiger partial charge in [0.1, 0.15) is 5.75 Å². The van der Waals surface area contributed by atoms with Crippen LogP contribution < -0.4 is 15.4 Å². The van der Waals surface area contributed by atoms with Crippen LogP contribution in [0.5, 0.6) is 5.75 Å². The van der Waals surface area contributed by atoms with Crippen LogP contribution in [0.3, 0.4) is 0 Å². The Morgan fingerprint density at radius 3 is 2.58 bits per heavy atom. The number of amides is 1. The van der Waals surface area contributed by atoms with Crippen molar-refractivity contribution >= 4 is 45.7 Å². The van der Waals surface area contributed by atoms with E-state index in [2.05, 4.69) is 10.6 Å². The second-order valence-electron chi connectivity index (χ2n) is 7.18. The Bertz CT molecular complexity index is 1050. The third kappa shape index (κ3) is 6.86. The van der Waals surface area contributed by atoms with Crippen LogP contribution in [0.2, 0.25) is 0 Å². The highest BCUT2D eigenvalue weighted by atomic mass is 32.2. The molecule has 1 amide bonds. The zero-order valence-corrected chi connectivity index (χ0v) is 19.9. The number of carbonyl (C=O) groups is 2. The lowest BCUT2D eigenvalue weighted by atomic mass is 10.2. The van der Waals surface area contributed by atoms with E-state index in [0.717, 1.165) is 11.4 Å². The molecule has 0 spiro atoms. The fourth-order valence-electron chi connectivity index (χ4n) is 3.24. The van der Waals surface area contributed by atoms with Crippen molar-refractivity contribution in [1.82, 2.24) is 0 Å². The minimum absolute atomic E-state index is 0.0898. The molecule has 0 bridgehead atoms. The van der Waals surface area contributed by atoms with E-state index in [0.29, 0.717) is 41.8 Å². The number of para-hydroxylation sites is 4. The van der Waals surface area contributed by atoms with Crippen LogP contribution in [0, 0.1) is 0 Å². The van der Waals surface area contributed by atoms with E-state index in [4.69, 9.17) is 14.5 Å². The summed E-state index contributed by atoms with van der Waals surface area (Å²) in [5.41, 5.74) is 2.84. The number of aliphatic imine (C=N–C) groups is 1. The van der Waals surface area contributed by atoms with Gasteiger partial charge in [0.25, 0.3) is 0 Å². The molecule has 1 aliphatic heterocycles. The molecule has 7 nitrogen and oxygen atoms in total. The molecule has 0 aliphatic carbocycles. The summed E-state index contributed by atoms with van der Waals surface area (Å²) < 4.78 is 10.7. The first-order valence-electron chi connectivity index (χ1n) is 11.0. The van der Waals surface area contributed by atoms with Gasteiger partial charge in [-0.2, -0.15) is 0 Å². The molecule has 0 unspecified atom stereocenters. The number of hydrogen-bond donors (Lipinski definition) is 2. The largest absolute Gasteiger partial charge is 0.492 e. The first-order chi connectivity index (χ1) is 16.0. The van der Waals surface area contributed by atoms with E-state index in [1.807, 2.05) is 68.5 Å². The molecule has 0 saturated carbocycles. The number of esters is 1. The molecule has 8 heteroatoms. The molecule has 1 aliphatic rings. The second-order valence-corrected chi connectivity index (χ2v) is 8.40. The van der Waals surface area contributed by atoms with E-state index >= 15 is 0 Å². The van der Waals surface area contributed by atoms with Gasteiger partial charge in [0.05, 0.1) is 47.0 Å². The summed E-state index contributed by atoms with van der Waals surface area (Å²) in [5.74, 6) is 0.176. The summed E-state index contributed by atoms with van der Waals surface area (Å²) in [6.45, 7) is 6.47. The molecule has 0 aromatic heterocycles. The van der Waals surface area contributed by atoms with Gasteiger partial charge in [0, 0.05) is 5.70 Å². The Kier molecular flexibility index (Phi) is 8.95. The molecule has 2 aromatic carbocycles. The lowest BCUT2D eigenvalue weighted by Gasteiger charge is -2.16. The average molecular weight is 468 g/mol. The summed E-state index contributed by atoms with van der Waals surface area (Å²) in [5, 5.41) is 6.52. The van der Waals surface area contributed by atoms with E-state index in [1.54, 1.807) is 6.92 Å². The molecule has 2 aromatic rings. The lowest BCUT2D eigenvalue weighted by molar-refractivity contribution is -0.142. The predicted octanol–water partition coefficient (Wildman–Crippen LogP) is 5.53. The molecule has 33 heavy (non-hydrogen) atoms. The van der Waals surface area contributed by atoms with Gasteiger partial charge in [0.15, 0.2) is 0 Å². The minimum Gasteiger partial charge on any atom is -0.492 e. The normalized spacial score (nSPS) is 13.4. The van der Waals surface area contributed by atoms with Crippen molar-refractivity contribution in [2.45, 2.75) is 38.9 Å². The van der Waals surface area contributed by atoms with Crippen LogP contribution in [0.15, 0.2) is 65.3 Å². The summed E-state index contributed by atoms with van der Waals surface area (Å²) in [7, 11) is 0. The third-order valence-corrected chi connectivity index (χ3v) is 6.02. The number of benzene rings is 2. The highest BCUT2D eigenvalue weighted by Crippen LogP contribution is 2.33. The number of ether oxygens (including phenoxy) is 2. The molecule has 0 radical (unpaired) electrons. The molecular formula is C25H29N3O4S. The molecule has 0 saturated heterocycles. The number of rotatable bonds is 9. The fraction of sp³-hybridized carbons (Fsp3) is 0.320. The maximum Gasteiger partial charge on any atom is 0.311 e. The maximum absolute atomic E-state index is 13.1. The van der Waals surface area contributed by atoms with Gasteiger partial charge in [-0.05, 0) is 50.6 Å². The molecule has 1 heterocycles. The van der Waals surface area contributed by atoms with Crippen molar-refractivity contribution in [3.05, 3.63) is 60.3 Å². The monoisotopic (exact) mass is 467 g/mol. The average Bonchev–Trinajstić information content (AvgIpc) is 2.97. The van der Waals surface area contributed by atoms with Crippen molar-refractivity contribution in [3.8, 4) is 5.75 Å². The number of anilines is 2. The van der Waals surface area contributed by atoms with Crippen LogP contribution in [0.1, 0.15) is 33.6 Å². The van der Waals surface area contributed by atoms with E-state index in [9.17, 15) is 9.59 Å². The highest BCUT2D eigenvalue weighted by Gasteiger charge is 2.23. The molecule has 3 rings (SSSR count). The van der Waals surface area contributed by atoms with Gasteiger partial charge in [0.2, 0.25) is 5.91 Å². The minimum atomic E-state index is -0.385. The Labute approximate surface area is 198 Å². The van der Waals surface area contributed by atoms with Gasteiger partial charge in [-0.3, -0.25) is 9.59 Å². The van der Waals surface area contributed by atoms with Crippen LogP contribution >= 0.6 is 11.8 Å². The molecule has 174 valence electrons. The van der Waals surface area contributed by atoms with Crippen LogP contribution in [-0.4, -0.2) is 35.4 Å². The van der Waals surface area contributed by atoms with Crippen molar-refractivity contribution in [2.24, 2.45) is 4.99 Å². The molecule has 0 fully saturated rings. The van der Waals surface area contributed by atoms with Gasteiger partial charge >= 0.3 is 5.97 Å². The Morgan fingerprint density at radius 1 is 1.06 bits per heavy atom. The SMILES string of the molecule is CCOC(=O)CC1=CC(S[C@H](CC)C(=O)Nc2ccccc2OCC)=Nc2ccccc2N1. The van der Waals surface area contributed by atoms with Crippen LogP contribution in [0.4, 0.5) is 17.1 Å². The van der Waals surface area contributed by atoms with Crippen molar-refractivity contribution in [3.63, 3.8) is 0 Å². The summed E-state index contributed by atoms with van der Waals surface area (Å²) in [6, 6.07) is 15.0. The predicted molar refractivity (Wildman–Crippen MR) is 134 cm³/mol. The number of nitrogens with zero attached hydrogens (tertiary/aromatic N) is 1. The van der Waals surface area contributed by atoms with Gasteiger partial charge in [-0.25, -0.2) is 4.99 Å². The van der Waals surface area contributed by atoms with Gasteiger partial charge < -0.3 is 20.1 Å². The number of carbonyl (C=O) groups excluding carboxylic acids is 2. The number of hydrogen-bond acceptors (Lipinski definition) is 7. The topological polar surface area (TPSA) is 89.0 Å². The van der Waals surface area contributed by atoms with Crippen LogP contribution in [-0.2, 0) is 14.3 Å². The lowest BCUT2D eigenvalue weighted by Crippen LogP contribution is -2.26. The third-order valence-electron chi connectivity index (χ3n) is 4.74. The Morgan fingerprint density at radius 2 is 1.82 bits per heavy atom. The number of thioether (sulfide) groups is 1. The first-order valence-corrected chi connectivity index (χ1v) is 11.9. The summed E-state index contributed by atoms with van der Waals surface area (Å²) in [6.07, 6.45) is 2.50. The molecule has 2 N–H and O–H groups in total. The summed E-state index contributed by atoms with van der Waals surface area (Å²) >= 11 is 1.36. The zero-order valence-electron chi connectivity index (χ0n) is 19.1. The number of nitrogens with one attached hydrogen (secondary N) is 2. The number of fused-ring (bicyclic) bond motifs is 1. The van der Waals surface area contributed by atoms with Gasteiger partial charge in [-0.15, -0.1) is 0 Å². The Balaban J connectivity index is 1.82. The van der Waals surface area contributed by atoms with Crippen molar-refractivity contribution in [2.75, 3.05) is 23.8 Å². The second kappa shape index (κ2) is 12.1. The van der Waals surface area contributed by atoms with Crippen LogP contribution in [0.25, 0.3) is 0 Å². The van der Waals surface area contributed by atoms with Crippen molar-refractivity contribution in [1.29, 1.82) is 0 Å².